The maximum absolute atomic E-state index is 14.6. The zero-order valence-electron chi connectivity index (χ0n) is 18.8. The molecular weight excluding hydrogens is 524 g/mol. The van der Waals surface area contributed by atoms with Crippen LogP contribution in [0.2, 0.25) is 0 Å². The molecule has 0 bridgehead atoms. The maximum Gasteiger partial charge on any atom is 0.416 e. The molecule has 0 aromatic heterocycles. The summed E-state index contributed by atoms with van der Waals surface area (Å²) in [6.07, 6.45) is -0.945. The van der Waals surface area contributed by atoms with Gasteiger partial charge in [-0.15, -0.1) is 0 Å². The lowest BCUT2D eigenvalue weighted by molar-refractivity contribution is -0.137. The average Bonchev–Trinajstić information content (AvgIpc) is 3.31. The Morgan fingerprint density at radius 3 is 2.23 bits per heavy atom. The van der Waals surface area contributed by atoms with E-state index < -0.39 is 29.1 Å². The molecule has 2 amide bonds. The maximum atomic E-state index is 14.6. The molecule has 1 atom stereocenters. The highest BCUT2D eigenvalue weighted by Gasteiger charge is 2.40. The van der Waals surface area contributed by atoms with Gasteiger partial charge in [-0.2, -0.15) is 13.2 Å². The first-order valence-corrected chi connectivity index (χ1v) is 12.2. The molecule has 0 radical (unpaired) electrons. The fraction of sp³-hybridized carbons (Fsp3) is 0.296. The number of hydrogen-bond donors (Lipinski definition) is 2. The highest BCUT2D eigenvalue weighted by molar-refractivity contribution is 9.10. The molecule has 1 fully saturated rings. The molecule has 0 heterocycles. The van der Waals surface area contributed by atoms with Gasteiger partial charge >= 0.3 is 12.2 Å². The van der Waals surface area contributed by atoms with Crippen LogP contribution in [0.25, 0.3) is 0 Å². The number of alkyl halides is 3. The van der Waals surface area contributed by atoms with E-state index in [4.69, 9.17) is 0 Å². The summed E-state index contributed by atoms with van der Waals surface area (Å²) in [6.45, 7) is 0. The third kappa shape index (κ3) is 6.04. The van der Waals surface area contributed by atoms with Gasteiger partial charge in [0.2, 0.25) is 0 Å². The van der Waals surface area contributed by atoms with Crippen LogP contribution in [0.1, 0.15) is 47.9 Å². The van der Waals surface area contributed by atoms with E-state index in [1.54, 1.807) is 24.3 Å². The number of carbonyl (C=O) groups is 1. The quantitative estimate of drug-likeness (QED) is 0.311. The Bertz CT molecular complexity index is 1180. The summed E-state index contributed by atoms with van der Waals surface area (Å²) < 4.78 is 56.4. The summed E-state index contributed by atoms with van der Waals surface area (Å²) in [5.41, 5.74) is -1.29. The molecule has 0 saturated heterocycles. The van der Waals surface area contributed by atoms with Gasteiger partial charge in [0.15, 0.2) is 0 Å². The van der Waals surface area contributed by atoms with Crippen molar-refractivity contribution in [3.8, 4) is 0 Å². The molecule has 0 spiro atoms. The molecule has 3 aromatic rings. The van der Waals surface area contributed by atoms with Crippen molar-refractivity contribution in [2.75, 3.05) is 0 Å². The van der Waals surface area contributed by atoms with Crippen LogP contribution in [-0.2, 0) is 18.1 Å². The molecule has 3 aromatic carbocycles. The SMILES string of the molecule is O=C(NC1CCCC1)N[C@@](Cc1ccccc1)(c1cccc(Br)c1)c1cc(F)cc(C(F)(F)F)c1. The predicted octanol–water partition coefficient (Wildman–Crippen LogP) is 7.34. The van der Waals surface area contributed by atoms with Crippen molar-refractivity contribution in [1.29, 1.82) is 0 Å². The van der Waals surface area contributed by atoms with Crippen molar-refractivity contribution < 1.29 is 22.4 Å². The standard InChI is InChI=1S/C27H25BrF4N2O/c28-22-10-6-9-19(14-22)26(17-18-7-2-1-3-8-18,34-25(35)33-24-11-4-5-12-24)20-13-21(27(30,31)32)16-23(29)15-20/h1-3,6-10,13-16,24H,4-5,11-12,17H2,(H2,33,34,35)/t26-/m0/s1. The second kappa shape index (κ2) is 10.4. The Kier molecular flexibility index (Phi) is 7.50. The molecule has 184 valence electrons. The number of benzene rings is 3. The van der Waals surface area contributed by atoms with Crippen LogP contribution in [0, 0.1) is 5.82 Å². The number of halogens is 5. The van der Waals surface area contributed by atoms with Crippen LogP contribution >= 0.6 is 15.9 Å². The summed E-state index contributed by atoms with van der Waals surface area (Å²) in [4.78, 5) is 13.3. The summed E-state index contributed by atoms with van der Waals surface area (Å²) in [5, 5.41) is 5.92. The molecule has 8 heteroatoms. The first-order valence-electron chi connectivity index (χ1n) is 11.4. The molecule has 3 nitrogen and oxygen atoms in total. The van der Waals surface area contributed by atoms with Crippen molar-refractivity contribution >= 4 is 22.0 Å². The Morgan fingerprint density at radius 1 is 0.886 bits per heavy atom. The van der Waals surface area contributed by atoms with Crippen molar-refractivity contribution in [3.05, 3.63) is 105 Å². The molecule has 1 saturated carbocycles. The molecule has 0 aliphatic heterocycles. The number of nitrogens with one attached hydrogen (secondary N) is 2. The van der Waals surface area contributed by atoms with Crippen molar-refractivity contribution in [1.82, 2.24) is 10.6 Å². The van der Waals surface area contributed by atoms with Gasteiger partial charge < -0.3 is 10.6 Å². The molecule has 0 unspecified atom stereocenters. The van der Waals surface area contributed by atoms with Gasteiger partial charge in [-0.05, 0) is 59.9 Å². The van der Waals surface area contributed by atoms with Crippen molar-refractivity contribution in [3.63, 3.8) is 0 Å². The smallest absolute Gasteiger partial charge is 0.335 e. The van der Waals surface area contributed by atoms with Crippen LogP contribution in [0.3, 0.4) is 0 Å². The minimum absolute atomic E-state index is 0.00773. The lowest BCUT2D eigenvalue weighted by atomic mass is 9.77. The topological polar surface area (TPSA) is 41.1 Å². The predicted molar refractivity (Wildman–Crippen MR) is 130 cm³/mol. The summed E-state index contributed by atoms with van der Waals surface area (Å²) in [5.74, 6) is -1.03. The summed E-state index contributed by atoms with van der Waals surface area (Å²) in [6, 6.07) is 18.0. The number of amides is 2. The van der Waals surface area contributed by atoms with E-state index in [0.717, 1.165) is 43.4 Å². The van der Waals surface area contributed by atoms with E-state index >= 15 is 0 Å². The number of hydrogen-bond acceptors (Lipinski definition) is 1. The largest absolute Gasteiger partial charge is 0.416 e. The molecule has 4 rings (SSSR count). The van der Waals surface area contributed by atoms with Gasteiger partial charge in [0.25, 0.3) is 0 Å². The molecule has 2 N–H and O–H groups in total. The Morgan fingerprint density at radius 2 is 1.57 bits per heavy atom. The van der Waals surface area contributed by atoms with Crippen molar-refractivity contribution in [2.45, 2.75) is 49.9 Å². The van der Waals surface area contributed by atoms with Crippen LogP contribution in [0.5, 0.6) is 0 Å². The Balaban J connectivity index is 1.90. The molecule has 35 heavy (non-hydrogen) atoms. The van der Waals surface area contributed by atoms with E-state index in [1.165, 1.54) is 0 Å². The average molecular weight is 549 g/mol. The van der Waals surface area contributed by atoms with E-state index in [1.807, 2.05) is 30.3 Å². The first-order chi connectivity index (χ1) is 16.7. The normalized spacial score (nSPS) is 16.0. The third-order valence-electron chi connectivity index (χ3n) is 6.36. The van der Waals surface area contributed by atoms with Gasteiger partial charge in [0.1, 0.15) is 5.82 Å². The fourth-order valence-electron chi connectivity index (χ4n) is 4.70. The first kappa shape index (κ1) is 25.2. The van der Waals surface area contributed by atoms with Crippen LogP contribution < -0.4 is 10.6 Å². The lowest BCUT2D eigenvalue weighted by Crippen LogP contribution is -2.53. The second-order valence-corrected chi connectivity index (χ2v) is 9.80. The van der Waals surface area contributed by atoms with Crippen molar-refractivity contribution in [2.24, 2.45) is 0 Å². The number of carbonyl (C=O) groups excluding carboxylic acids is 1. The minimum atomic E-state index is -4.75. The monoisotopic (exact) mass is 548 g/mol. The molecular formula is C27H25BrF4N2O. The van der Waals surface area contributed by atoms with Crippen LogP contribution in [0.15, 0.2) is 77.3 Å². The van der Waals surface area contributed by atoms with Gasteiger partial charge in [-0.25, -0.2) is 9.18 Å². The van der Waals surface area contributed by atoms with Gasteiger partial charge in [0.05, 0.1) is 11.1 Å². The summed E-state index contributed by atoms with van der Waals surface area (Å²) in [7, 11) is 0. The van der Waals surface area contributed by atoms with Gasteiger partial charge in [-0.3, -0.25) is 0 Å². The zero-order chi connectivity index (χ0) is 25.1. The van der Waals surface area contributed by atoms with E-state index in [9.17, 15) is 22.4 Å². The van der Waals surface area contributed by atoms with Gasteiger partial charge in [-0.1, -0.05) is 71.2 Å². The Hall–Kier alpha value is -2.87. The van der Waals surface area contributed by atoms with Crippen LogP contribution in [0.4, 0.5) is 22.4 Å². The zero-order valence-corrected chi connectivity index (χ0v) is 20.4. The molecule has 1 aliphatic rings. The van der Waals surface area contributed by atoms with E-state index in [-0.39, 0.29) is 18.0 Å². The fourth-order valence-corrected chi connectivity index (χ4v) is 5.10. The highest BCUT2D eigenvalue weighted by Crippen LogP contribution is 2.39. The Labute approximate surface area is 210 Å². The van der Waals surface area contributed by atoms with Gasteiger partial charge in [0, 0.05) is 16.9 Å². The second-order valence-electron chi connectivity index (χ2n) is 8.88. The number of urea groups is 1. The highest BCUT2D eigenvalue weighted by atomic mass is 79.9. The lowest BCUT2D eigenvalue weighted by Gasteiger charge is -2.37. The molecule has 1 aliphatic carbocycles. The van der Waals surface area contributed by atoms with E-state index in [0.29, 0.717) is 16.1 Å². The third-order valence-corrected chi connectivity index (χ3v) is 6.86. The van der Waals surface area contributed by atoms with Crippen LogP contribution in [-0.4, -0.2) is 12.1 Å². The van der Waals surface area contributed by atoms with E-state index in [2.05, 4.69) is 26.6 Å². The number of rotatable bonds is 6. The summed E-state index contributed by atoms with van der Waals surface area (Å²) >= 11 is 3.43. The minimum Gasteiger partial charge on any atom is -0.335 e.